The van der Waals surface area contributed by atoms with Crippen molar-refractivity contribution in [3.8, 4) is 5.75 Å². The van der Waals surface area contributed by atoms with Gasteiger partial charge in [-0.25, -0.2) is 0 Å². The van der Waals surface area contributed by atoms with Crippen LogP contribution in [0, 0.1) is 11.8 Å². The van der Waals surface area contributed by atoms with Gasteiger partial charge in [-0.05, 0) is 43.2 Å². The van der Waals surface area contributed by atoms with Gasteiger partial charge < -0.3 is 15.2 Å². The van der Waals surface area contributed by atoms with Crippen LogP contribution in [0.5, 0.6) is 5.75 Å². The van der Waals surface area contributed by atoms with Crippen LogP contribution in [-0.4, -0.2) is 30.4 Å². The van der Waals surface area contributed by atoms with E-state index in [-0.39, 0.29) is 0 Å². The molecule has 0 heterocycles. The lowest BCUT2D eigenvalue weighted by Crippen LogP contribution is -2.41. The van der Waals surface area contributed by atoms with Gasteiger partial charge in [-0.3, -0.25) is 0 Å². The number of aliphatic hydroxyl groups excluding tert-OH is 1. The fraction of sp³-hybridized carbons (Fsp3) is 0.647. The molecule has 1 aromatic rings. The largest absolute Gasteiger partial charge is 0.491 e. The highest BCUT2D eigenvalue weighted by atomic mass is 16.5. The van der Waals surface area contributed by atoms with Crippen LogP contribution in [0.25, 0.3) is 0 Å². The summed E-state index contributed by atoms with van der Waals surface area (Å²) in [5.74, 6) is 2.42. The predicted octanol–water partition coefficient (Wildman–Crippen LogP) is 2.84. The molecule has 1 aromatic carbocycles. The lowest BCUT2D eigenvalue weighted by atomic mass is 9.79. The zero-order valence-electron chi connectivity index (χ0n) is 12.6. The molecule has 1 aliphatic carbocycles. The highest BCUT2D eigenvalue weighted by Crippen LogP contribution is 2.29. The third kappa shape index (κ3) is 4.80. The van der Waals surface area contributed by atoms with Gasteiger partial charge in [0.2, 0.25) is 0 Å². The molecule has 0 spiro atoms. The van der Waals surface area contributed by atoms with Crippen LogP contribution in [-0.2, 0) is 0 Å². The van der Waals surface area contributed by atoms with Crippen LogP contribution in [0.1, 0.15) is 33.1 Å². The van der Waals surface area contributed by atoms with Crippen molar-refractivity contribution in [2.75, 3.05) is 13.2 Å². The van der Waals surface area contributed by atoms with Gasteiger partial charge in [0.05, 0.1) is 0 Å². The number of aliphatic hydroxyl groups is 1. The molecule has 0 bridgehead atoms. The highest BCUT2D eigenvalue weighted by Gasteiger charge is 2.24. The molecule has 4 atom stereocenters. The summed E-state index contributed by atoms with van der Waals surface area (Å²) in [5.41, 5.74) is 0. The quantitative estimate of drug-likeness (QED) is 0.840. The van der Waals surface area contributed by atoms with Gasteiger partial charge in [-0.1, -0.05) is 32.0 Å². The summed E-state index contributed by atoms with van der Waals surface area (Å²) < 4.78 is 5.56. The number of rotatable bonds is 6. The fourth-order valence-corrected chi connectivity index (χ4v) is 2.80. The van der Waals surface area contributed by atoms with Crippen molar-refractivity contribution >= 4 is 0 Å². The van der Waals surface area contributed by atoms with Gasteiger partial charge in [0.15, 0.2) is 0 Å². The number of ether oxygens (including phenoxy) is 1. The SMILES string of the molecule is CC1CCC(NCC(O)COc2ccccc2)CC1C. The van der Waals surface area contributed by atoms with E-state index in [4.69, 9.17) is 4.74 Å². The normalized spacial score (nSPS) is 28.1. The van der Waals surface area contributed by atoms with Gasteiger partial charge in [-0.2, -0.15) is 0 Å². The number of hydrogen-bond donors (Lipinski definition) is 2. The molecule has 0 radical (unpaired) electrons. The first-order valence-electron chi connectivity index (χ1n) is 7.74. The molecule has 1 fully saturated rings. The third-order valence-electron chi connectivity index (χ3n) is 4.43. The second-order valence-corrected chi connectivity index (χ2v) is 6.15. The summed E-state index contributed by atoms with van der Waals surface area (Å²) in [4.78, 5) is 0. The van der Waals surface area contributed by atoms with E-state index in [0.29, 0.717) is 19.2 Å². The first kappa shape index (κ1) is 15.3. The molecule has 0 aromatic heterocycles. The van der Waals surface area contributed by atoms with Crippen LogP contribution < -0.4 is 10.1 Å². The first-order valence-corrected chi connectivity index (χ1v) is 7.74. The van der Waals surface area contributed by atoms with Crippen molar-refractivity contribution in [3.63, 3.8) is 0 Å². The molecule has 0 amide bonds. The van der Waals surface area contributed by atoms with E-state index in [2.05, 4.69) is 19.2 Å². The molecule has 1 aliphatic rings. The molecule has 4 unspecified atom stereocenters. The maximum absolute atomic E-state index is 9.97. The minimum Gasteiger partial charge on any atom is -0.491 e. The molecule has 2 N–H and O–H groups in total. The summed E-state index contributed by atoms with van der Waals surface area (Å²) in [6, 6.07) is 10.2. The van der Waals surface area contributed by atoms with Gasteiger partial charge in [0.1, 0.15) is 18.5 Å². The summed E-state index contributed by atoms with van der Waals surface area (Å²) >= 11 is 0. The van der Waals surface area contributed by atoms with Crippen LogP contribution in [0.15, 0.2) is 30.3 Å². The van der Waals surface area contributed by atoms with Gasteiger partial charge in [0, 0.05) is 12.6 Å². The number of hydrogen-bond acceptors (Lipinski definition) is 3. The molecule has 3 nitrogen and oxygen atoms in total. The number of nitrogens with one attached hydrogen (secondary N) is 1. The van der Waals surface area contributed by atoms with Crippen molar-refractivity contribution in [3.05, 3.63) is 30.3 Å². The lowest BCUT2D eigenvalue weighted by Gasteiger charge is -2.33. The van der Waals surface area contributed by atoms with Crippen LogP contribution >= 0.6 is 0 Å². The van der Waals surface area contributed by atoms with Crippen molar-refractivity contribution in [1.29, 1.82) is 0 Å². The Bertz CT molecular complexity index is 382. The maximum atomic E-state index is 9.97. The van der Waals surface area contributed by atoms with E-state index in [0.717, 1.165) is 17.6 Å². The molecule has 20 heavy (non-hydrogen) atoms. The average Bonchev–Trinajstić information content (AvgIpc) is 2.47. The third-order valence-corrected chi connectivity index (χ3v) is 4.43. The summed E-state index contributed by atoms with van der Waals surface area (Å²) in [7, 11) is 0. The molecular formula is C17H27NO2. The fourth-order valence-electron chi connectivity index (χ4n) is 2.80. The molecule has 3 heteroatoms. The second-order valence-electron chi connectivity index (χ2n) is 6.15. The average molecular weight is 277 g/mol. The molecular weight excluding hydrogens is 250 g/mol. The van der Waals surface area contributed by atoms with Crippen LogP contribution in [0.4, 0.5) is 0 Å². The minimum atomic E-state index is -0.454. The van der Waals surface area contributed by atoms with Gasteiger partial charge in [0.25, 0.3) is 0 Å². The van der Waals surface area contributed by atoms with Crippen molar-refractivity contribution < 1.29 is 9.84 Å². The highest BCUT2D eigenvalue weighted by molar-refractivity contribution is 5.20. The zero-order valence-corrected chi connectivity index (χ0v) is 12.6. The monoisotopic (exact) mass is 277 g/mol. The second kappa shape index (κ2) is 7.65. The van der Waals surface area contributed by atoms with Crippen LogP contribution in [0.2, 0.25) is 0 Å². The van der Waals surface area contributed by atoms with Crippen molar-refractivity contribution in [1.82, 2.24) is 5.32 Å². The Morgan fingerprint density at radius 2 is 1.95 bits per heavy atom. The number of benzene rings is 1. The van der Waals surface area contributed by atoms with E-state index in [1.54, 1.807) is 0 Å². The Balaban J connectivity index is 1.64. The van der Waals surface area contributed by atoms with Crippen LogP contribution in [0.3, 0.4) is 0 Å². The summed E-state index contributed by atoms with van der Waals surface area (Å²) in [6.07, 6.45) is 3.27. The Labute approximate surface area is 122 Å². The van der Waals surface area contributed by atoms with E-state index >= 15 is 0 Å². The Kier molecular flexibility index (Phi) is 5.86. The van der Waals surface area contributed by atoms with Crippen molar-refractivity contribution in [2.24, 2.45) is 11.8 Å². The van der Waals surface area contributed by atoms with Gasteiger partial charge >= 0.3 is 0 Å². The minimum absolute atomic E-state index is 0.343. The predicted molar refractivity (Wildman–Crippen MR) is 81.9 cm³/mol. The van der Waals surface area contributed by atoms with Gasteiger partial charge in [-0.15, -0.1) is 0 Å². The molecule has 0 aliphatic heterocycles. The topological polar surface area (TPSA) is 41.5 Å². The number of para-hydroxylation sites is 1. The smallest absolute Gasteiger partial charge is 0.119 e. The first-order chi connectivity index (χ1) is 9.65. The summed E-state index contributed by atoms with van der Waals surface area (Å²) in [5, 5.41) is 13.5. The van der Waals surface area contributed by atoms with E-state index < -0.39 is 6.10 Å². The lowest BCUT2D eigenvalue weighted by molar-refractivity contribution is 0.0983. The summed E-state index contributed by atoms with van der Waals surface area (Å²) in [6.45, 7) is 5.62. The van der Waals surface area contributed by atoms with E-state index in [1.807, 2.05) is 30.3 Å². The van der Waals surface area contributed by atoms with E-state index in [1.165, 1.54) is 19.3 Å². The molecule has 112 valence electrons. The Morgan fingerprint density at radius 1 is 1.20 bits per heavy atom. The standard InChI is InChI=1S/C17H27NO2/c1-13-8-9-15(10-14(13)2)18-11-16(19)12-20-17-6-4-3-5-7-17/h3-7,13-16,18-19H,8-12H2,1-2H3. The maximum Gasteiger partial charge on any atom is 0.119 e. The zero-order chi connectivity index (χ0) is 14.4. The van der Waals surface area contributed by atoms with E-state index in [9.17, 15) is 5.11 Å². The Hall–Kier alpha value is -1.06. The van der Waals surface area contributed by atoms with Crippen molar-refractivity contribution in [2.45, 2.75) is 45.3 Å². The Morgan fingerprint density at radius 3 is 2.65 bits per heavy atom. The molecule has 1 saturated carbocycles. The molecule has 0 saturated heterocycles. The molecule has 2 rings (SSSR count).